The number of fused-ring (bicyclic) bond motifs is 1. The van der Waals surface area contributed by atoms with Crippen LogP contribution < -0.4 is 5.32 Å². The normalized spacial score (nSPS) is 14.9. The summed E-state index contributed by atoms with van der Waals surface area (Å²) >= 11 is 0. The van der Waals surface area contributed by atoms with Crippen LogP contribution in [-0.2, 0) is 11.2 Å². The molecule has 7 nitrogen and oxygen atoms in total. The van der Waals surface area contributed by atoms with E-state index in [0.717, 1.165) is 5.56 Å². The molecule has 0 fully saturated rings. The molecular weight excluding hydrogens is 296 g/mol. The predicted octanol–water partition coefficient (Wildman–Crippen LogP) is 2.17. The van der Waals surface area contributed by atoms with Crippen molar-refractivity contribution in [3.8, 4) is 0 Å². The molecule has 0 saturated heterocycles. The zero-order chi connectivity index (χ0) is 16.7. The monoisotopic (exact) mass is 312 g/mol. The van der Waals surface area contributed by atoms with Crippen LogP contribution in [-0.4, -0.2) is 31.9 Å². The summed E-state index contributed by atoms with van der Waals surface area (Å²) in [5, 5.41) is 12.0. The molecule has 1 aliphatic heterocycles. The van der Waals surface area contributed by atoms with Crippen molar-refractivity contribution >= 4 is 29.3 Å². The van der Waals surface area contributed by atoms with E-state index in [9.17, 15) is 14.7 Å². The van der Waals surface area contributed by atoms with E-state index in [-0.39, 0.29) is 11.6 Å². The number of nitrogens with zero attached hydrogens (tertiary/aromatic N) is 2. The SMILES string of the molecule is CCc1c(C=C2C(=O)Nc3nc(C)ncc32)[nH]c(C(=O)O)c1C. The lowest BCUT2D eigenvalue weighted by molar-refractivity contribution is -0.110. The smallest absolute Gasteiger partial charge is 0.352 e. The minimum atomic E-state index is -1.02. The van der Waals surface area contributed by atoms with Crippen molar-refractivity contribution < 1.29 is 14.7 Å². The zero-order valence-corrected chi connectivity index (χ0v) is 13.0. The zero-order valence-electron chi connectivity index (χ0n) is 13.0. The van der Waals surface area contributed by atoms with Crippen LogP contribution in [0.5, 0.6) is 0 Å². The van der Waals surface area contributed by atoms with Crippen LogP contribution in [0.15, 0.2) is 6.20 Å². The Bertz CT molecular complexity index is 864. The molecule has 3 heterocycles. The number of carbonyl (C=O) groups is 2. The summed E-state index contributed by atoms with van der Waals surface area (Å²) in [5.74, 6) is -0.236. The number of carbonyl (C=O) groups excluding carboxylic acids is 1. The van der Waals surface area contributed by atoms with E-state index in [1.807, 2.05) is 6.92 Å². The highest BCUT2D eigenvalue weighted by Gasteiger charge is 2.27. The first kappa shape index (κ1) is 15.0. The topological polar surface area (TPSA) is 108 Å². The standard InChI is InChI=1S/C16H16N4O3/c1-4-9-7(2)13(16(22)23)19-12(9)5-10-11-6-17-8(3)18-14(11)20-15(10)21/h5-6,19H,4H2,1-3H3,(H,22,23)(H,17,18,20,21). The third-order valence-electron chi connectivity index (χ3n) is 3.94. The summed E-state index contributed by atoms with van der Waals surface area (Å²) in [5.41, 5.74) is 3.38. The number of amides is 1. The quantitative estimate of drug-likeness (QED) is 0.753. The van der Waals surface area contributed by atoms with Crippen molar-refractivity contribution in [1.29, 1.82) is 0 Å². The van der Waals surface area contributed by atoms with Gasteiger partial charge in [0, 0.05) is 17.5 Å². The molecule has 0 bridgehead atoms. The summed E-state index contributed by atoms with van der Waals surface area (Å²) in [6, 6.07) is 0. The van der Waals surface area contributed by atoms with Gasteiger partial charge in [0.25, 0.3) is 5.91 Å². The van der Waals surface area contributed by atoms with Crippen LogP contribution >= 0.6 is 0 Å². The third kappa shape index (κ3) is 2.40. The number of aromatic amines is 1. The number of rotatable bonds is 3. The first-order chi connectivity index (χ1) is 10.9. The minimum absolute atomic E-state index is 0.146. The van der Waals surface area contributed by atoms with Gasteiger partial charge < -0.3 is 15.4 Å². The van der Waals surface area contributed by atoms with E-state index < -0.39 is 5.97 Å². The Kier molecular flexibility index (Phi) is 3.48. The molecule has 2 aromatic heterocycles. The van der Waals surface area contributed by atoms with Gasteiger partial charge in [-0.05, 0) is 37.5 Å². The lowest BCUT2D eigenvalue weighted by atomic mass is 10.0. The van der Waals surface area contributed by atoms with Crippen LogP contribution in [0.25, 0.3) is 11.6 Å². The molecule has 0 aliphatic carbocycles. The maximum atomic E-state index is 12.2. The number of hydrogen-bond donors (Lipinski definition) is 3. The molecule has 3 rings (SSSR count). The molecule has 118 valence electrons. The summed E-state index contributed by atoms with van der Waals surface area (Å²) in [6.45, 7) is 5.45. The molecule has 1 amide bonds. The molecule has 23 heavy (non-hydrogen) atoms. The molecule has 0 aromatic carbocycles. The highest BCUT2D eigenvalue weighted by molar-refractivity contribution is 6.34. The summed E-state index contributed by atoms with van der Waals surface area (Å²) in [6.07, 6.45) is 3.92. The molecule has 7 heteroatoms. The van der Waals surface area contributed by atoms with E-state index >= 15 is 0 Å². The summed E-state index contributed by atoms with van der Waals surface area (Å²) in [4.78, 5) is 34.7. The van der Waals surface area contributed by atoms with Crippen molar-refractivity contribution in [2.75, 3.05) is 5.32 Å². The number of carboxylic acid groups (broad SMARTS) is 1. The molecule has 0 atom stereocenters. The van der Waals surface area contributed by atoms with Gasteiger partial charge >= 0.3 is 5.97 Å². The van der Waals surface area contributed by atoms with E-state index in [4.69, 9.17) is 0 Å². The number of aromatic carboxylic acids is 1. The van der Waals surface area contributed by atoms with Crippen LogP contribution in [0.1, 0.15) is 45.6 Å². The van der Waals surface area contributed by atoms with Gasteiger partial charge in [-0.1, -0.05) is 6.92 Å². The maximum absolute atomic E-state index is 12.2. The summed E-state index contributed by atoms with van der Waals surface area (Å²) < 4.78 is 0. The second-order valence-electron chi connectivity index (χ2n) is 5.37. The van der Waals surface area contributed by atoms with E-state index in [0.29, 0.717) is 40.5 Å². The molecule has 1 aliphatic rings. The second-order valence-corrected chi connectivity index (χ2v) is 5.37. The molecule has 2 aromatic rings. The number of nitrogens with one attached hydrogen (secondary N) is 2. The van der Waals surface area contributed by atoms with Gasteiger partial charge in [-0.15, -0.1) is 0 Å². The van der Waals surface area contributed by atoms with Crippen molar-refractivity contribution in [1.82, 2.24) is 15.0 Å². The Morgan fingerprint density at radius 1 is 1.39 bits per heavy atom. The van der Waals surface area contributed by atoms with Crippen LogP contribution in [0.2, 0.25) is 0 Å². The highest BCUT2D eigenvalue weighted by atomic mass is 16.4. The van der Waals surface area contributed by atoms with Gasteiger partial charge in [0.1, 0.15) is 17.3 Å². The number of carboxylic acids is 1. The van der Waals surface area contributed by atoms with Gasteiger partial charge in [0.05, 0.1) is 5.57 Å². The number of hydrogen-bond acceptors (Lipinski definition) is 4. The van der Waals surface area contributed by atoms with Crippen LogP contribution in [0.3, 0.4) is 0 Å². The predicted molar refractivity (Wildman–Crippen MR) is 85.1 cm³/mol. The van der Waals surface area contributed by atoms with Gasteiger partial charge in [-0.3, -0.25) is 4.79 Å². The fourth-order valence-corrected chi connectivity index (χ4v) is 2.80. The third-order valence-corrected chi connectivity index (χ3v) is 3.94. The molecule has 0 unspecified atom stereocenters. The van der Waals surface area contributed by atoms with Crippen LogP contribution in [0.4, 0.5) is 5.82 Å². The lowest BCUT2D eigenvalue weighted by Crippen LogP contribution is -2.04. The molecule has 0 radical (unpaired) electrons. The molecule has 0 saturated carbocycles. The molecule has 0 spiro atoms. The van der Waals surface area contributed by atoms with E-state index in [1.165, 1.54) is 0 Å². The van der Waals surface area contributed by atoms with Gasteiger partial charge in [0.15, 0.2) is 0 Å². The summed E-state index contributed by atoms with van der Waals surface area (Å²) in [7, 11) is 0. The van der Waals surface area contributed by atoms with Crippen molar-refractivity contribution in [3.63, 3.8) is 0 Å². The van der Waals surface area contributed by atoms with E-state index in [2.05, 4.69) is 20.3 Å². The number of anilines is 1. The van der Waals surface area contributed by atoms with Crippen molar-refractivity contribution in [2.24, 2.45) is 0 Å². The van der Waals surface area contributed by atoms with Crippen molar-refractivity contribution in [2.45, 2.75) is 27.2 Å². The Morgan fingerprint density at radius 3 is 2.78 bits per heavy atom. The number of aryl methyl sites for hydroxylation is 1. The largest absolute Gasteiger partial charge is 0.477 e. The lowest BCUT2D eigenvalue weighted by Gasteiger charge is -2.00. The van der Waals surface area contributed by atoms with Gasteiger partial charge in [0.2, 0.25) is 0 Å². The van der Waals surface area contributed by atoms with Gasteiger partial charge in [-0.2, -0.15) is 0 Å². The average molecular weight is 312 g/mol. The Hall–Kier alpha value is -2.96. The Balaban J connectivity index is 2.15. The van der Waals surface area contributed by atoms with Gasteiger partial charge in [-0.25, -0.2) is 14.8 Å². The van der Waals surface area contributed by atoms with E-state index in [1.54, 1.807) is 26.1 Å². The number of aromatic nitrogens is 3. The first-order valence-corrected chi connectivity index (χ1v) is 7.24. The fraction of sp³-hybridized carbons (Fsp3) is 0.250. The second kappa shape index (κ2) is 5.35. The molecular formula is C16H16N4O3. The van der Waals surface area contributed by atoms with Crippen LogP contribution in [0, 0.1) is 13.8 Å². The maximum Gasteiger partial charge on any atom is 0.352 e. The number of H-pyrrole nitrogens is 1. The average Bonchev–Trinajstić information content (AvgIpc) is 2.96. The Morgan fingerprint density at radius 2 is 2.13 bits per heavy atom. The first-order valence-electron chi connectivity index (χ1n) is 7.24. The minimum Gasteiger partial charge on any atom is -0.477 e. The van der Waals surface area contributed by atoms with Crippen molar-refractivity contribution in [3.05, 3.63) is 40.1 Å². The Labute approximate surface area is 132 Å². The highest BCUT2D eigenvalue weighted by Crippen LogP contribution is 2.32. The molecule has 3 N–H and O–H groups in total. The fourth-order valence-electron chi connectivity index (χ4n) is 2.80.